The molecule has 2 aromatic rings. The van der Waals surface area contributed by atoms with E-state index in [4.69, 9.17) is 32.7 Å². The molecular weight excluding hydrogens is 463 g/mol. The second kappa shape index (κ2) is 13.2. The lowest BCUT2D eigenvalue weighted by Gasteiger charge is -2.12. The molecule has 8 heteroatoms. The third-order valence-electron chi connectivity index (χ3n) is 4.08. The fourth-order valence-electron chi connectivity index (χ4n) is 2.41. The predicted octanol–water partition coefficient (Wildman–Crippen LogP) is 7.60. The number of unbranched alkanes of at least 4 members (excludes halogenated alkanes) is 2. The number of hydrogen-bond acceptors (Lipinski definition) is 6. The molecule has 0 fully saturated rings. The monoisotopic (exact) mass is 486 g/mol. The highest BCUT2D eigenvalue weighted by Crippen LogP contribution is 2.43. The molecule has 0 aliphatic rings. The van der Waals surface area contributed by atoms with E-state index in [1.807, 2.05) is 0 Å². The Hall–Kier alpha value is -1.34. The molecule has 0 unspecified atom stereocenters. The molecule has 0 amide bonds. The molecule has 0 heterocycles. The topological polar surface area (TPSA) is 52.6 Å². The summed E-state index contributed by atoms with van der Waals surface area (Å²) < 4.78 is 11.5. The van der Waals surface area contributed by atoms with Crippen molar-refractivity contribution in [1.82, 2.24) is 0 Å². The molecule has 0 aliphatic heterocycles. The number of carbonyl (C=O) groups excluding carboxylic acids is 2. The maximum Gasteiger partial charge on any atom is 0.253 e. The average molecular weight is 487 g/mol. The van der Waals surface area contributed by atoms with Gasteiger partial charge in [0.15, 0.2) is 0 Å². The molecule has 0 bridgehead atoms. The van der Waals surface area contributed by atoms with Gasteiger partial charge in [-0.05, 0) is 72.4 Å². The Morgan fingerprint density at radius 1 is 0.767 bits per heavy atom. The van der Waals surface area contributed by atoms with Crippen LogP contribution < -0.4 is 9.47 Å². The normalized spacial score (nSPS) is 10.7. The number of ether oxygens (including phenoxy) is 2. The fourth-order valence-corrected chi connectivity index (χ4v) is 5.22. The van der Waals surface area contributed by atoms with E-state index in [2.05, 4.69) is 13.8 Å². The number of carbonyl (C=O) groups is 2. The van der Waals surface area contributed by atoms with Crippen LogP contribution in [0, 0.1) is 0 Å². The zero-order chi connectivity index (χ0) is 21.9. The summed E-state index contributed by atoms with van der Waals surface area (Å²) in [5.74, 6) is 1.33. The first kappa shape index (κ1) is 24.9. The van der Waals surface area contributed by atoms with Gasteiger partial charge in [-0.15, -0.1) is 0 Å². The minimum atomic E-state index is -0.552. The largest absolute Gasteiger partial charge is 0.494 e. The zero-order valence-corrected chi connectivity index (χ0v) is 20.1. The van der Waals surface area contributed by atoms with Crippen LogP contribution in [0.1, 0.15) is 60.2 Å². The first-order valence-electron chi connectivity index (χ1n) is 9.74. The Morgan fingerprint density at radius 3 is 1.50 bits per heavy atom. The van der Waals surface area contributed by atoms with Crippen LogP contribution in [-0.2, 0) is 0 Å². The second-order valence-corrected chi connectivity index (χ2v) is 9.33. The standard InChI is InChI=1S/C22H24Cl2O4S2/c1-3-5-11-27-15-7-9-17(21(23)25)19(13-15)29-30-20-14-16(28-12-6-4-2)8-10-18(20)22(24)26/h7-10,13-14H,3-6,11-12H2,1-2H3. The summed E-state index contributed by atoms with van der Waals surface area (Å²) in [5.41, 5.74) is 0.761. The van der Waals surface area contributed by atoms with Crippen molar-refractivity contribution in [3.8, 4) is 11.5 Å². The molecule has 30 heavy (non-hydrogen) atoms. The number of halogens is 2. The van der Waals surface area contributed by atoms with Crippen LogP contribution in [0.4, 0.5) is 0 Å². The lowest BCUT2D eigenvalue weighted by molar-refractivity contribution is 0.107. The van der Waals surface area contributed by atoms with E-state index in [0.29, 0.717) is 45.6 Å². The number of benzene rings is 2. The van der Waals surface area contributed by atoms with Gasteiger partial charge in [0.1, 0.15) is 11.5 Å². The molecule has 0 radical (unpaired) electrons. The van der Waals surface area contributed by atoms with Gasteiger partial charge < -0.3 is 9.47 Å². The molecule has 0 saturated heterocycles. The summed E-state index contributed by atoms with van der Waals surface area (Å²) >= 11 is 11.5. The van der Waals surface area contributed by atoms with E-state index in [9.17, 15) is 9.59 Å². The highest BCUT2D eigenvalue weighted by molar-refractivity contribution is 8.76. The lowest BCUT2D eigenvalue weighted by atomic mass is 10.2. The smallest absolute Gasteiger partial charge is 0.253 e. The predicted molar refractivity (Wildman–Crippen MR) is 126 cm³/mol. The molecule has 0 spiro atoms. The van der Waals surface area contributed by atoms with Crippen LogP contribution in [0.5, 0.6) is 11.5 Å². The van der Waals surface area contributed by atoms with Gasteiger partial charge in [-0.1, -0.05) is 48.3 Å². The van der Waals surface area contributed by atoms with E-state index in [-0.39, 0.29) is 0 Å². The Balaban J connectivity index is 2.23. The summed E-state index contributed by atoms with van der Waals surface area (Å²) in [6, 6.07) is 10.3. The van der Waals surface area contributed by atoms with E-state index in [0.717, 1.165) is 25.7 Å². The zero-order valence-electron chi connectivity index (χ0n) is 16.9. The third kappa shape index (κ3) is 7.73. The molecule has 0 aromatic heterocycles. The molecule has 2 rings (SSSR count). The fraction of sp³-hybridized carbons (Fsp3) is 0.364. The van der Waals surface area contributed by atoms with Crippen LogP contribution in [0.25, 0.3) is 0 Å². The van der Waals surface area contributed by atoms with Gasteiger partial charge in [0.2, 0.25) is 0 Å². The van der Waals surface area contributed by atoms with Crippen molar-refractivity contribution in [1.29, 1.82) is 0 Å². The Bertz CT molecular complexity index is 803. The van der Waals surface area contributed by atoms with Gasteiger partial charge in [0.05, 0.1) is 13.2 Å². The highest BCUT2D eigenvalue weighted by Gasteiger charge is 2.16. The van der Waals surface area contributed by atoms with Crippen molar-refractivity contribution in [2.24, 2.45) is 0 Å². The van der Waals surface area contributed by atoms with Crippen molar-refractivity contribution in [3.05, 3.63) is 47.5 Å². The first-order valence-corrected chi connectivity index (χ1v) is 12.6. The van der Waals surface area contributed by atoms with Crippen LogP contribution >= 0.6 is 44.8 Å². The van der Waals surface area contributed by atoms with E-state index >= 15 is 0 Å². The quantitative estimate of drug-likeness (QED) is 0.165. The SMILES string of the molecule is CCCCOc1ccc(C(=O)Cl)c(SSc2cc(OCCCC)ccc2C(=O)Cl)c1. The number of hydrogen-bond donors (Lipinski definition) is 0. The van der Waals surface area contributed by atoms with E-state index in [1.54, 1.807) is 36.4 Å². The van der Waals surface area contributed by atoms with Crippen molar-refractivity contribution in [2.75, 3.05) is 13.2 Å². The molecule has 0 atom stereocenters. The third-order valence-corrected chi connectivity index (χ3v) is 6.94. The lowest BCUT2D eigenvalue weighted by Crippen LogP contribution is -1.99. The van der Waals surface area contributed by atoms with Gasteiger partial charge in [-0.3, -0.25) is 9.59 Å². The Labute approximate surface area is 195 Å². The molecular formula is C22H24Cl2O4S2. The van der Waals surface area contributed by atoms with Gasteiger partial charge in [-0.2, -0.15) is 0 Å². The van der Waals surface area contributed by atoms with Crippen LogP contribution in [0.15, 0.2) is 46.2 Å². The Morgan fingerprint density at radius 2 is 1.17 bits per heavy atom. The average Bonchev–Trinajstić information content (AvgIpc) is 2.72. The van der Waals surface area contributed by atoms with Crippen LogP contribution in [0.2, 0.25) is 0 Å². The van der Waals surface area contributed by atoms with Crippen LogP contribution in [-0.4, -0.2) is 23.7 Å². The van der Waals surface area contributed by atoms with Gasteiger partial charge in [0.25, 0.3) is 10.5 Å². The molecule has 2 aromatic carbocycles. The summed E-state index contributed by atoms with van der Waals surface area (Å²) in [5, 5.41) is -1.10. The van der Waals surface area contributed by atoms with E-state index in [1.165, 1.54) is 21.6 Å². The second-order valence-electron chi connectivity index (χ2n) is 6.43. The molecule has 0 aliphatic carbocycles. The molecule has 4 nitrogen and oxygen atoms in total. The summed E-state index contributed by atoms with van der Waals surface area (Å²) in [7, 11) is 2.63. The summed E-state index contributed by atoms with van der Waals surface area (Å²) in [6.07, 6.45) is 3.95. The van der Waals surface area contributed by atoms with Crippen molar-refractivity contribution in [3.63, 3.8) is 0 Å². The molecule has 0 N–H and O–H groups in total. The van der Waals surface area contributed by atoms with Gasteiger partial charge in [0, 0.05) is 20.9 Å². The van der Waals surface area contributed by atoms with Crippen molar-refractivity contribution in [2.45, 2.75) is 49.3 Å². The van der Waals surface area contributed by atoms with Crippen LogP contribution in [0.3, 0.4) is 0 Å². The van der Waals surface area contributed by atoms with Crippen molar-refractivity contribution >= 4 is 55.3 Å². The summed E-state index contributed by atoms with van der Waals surface area (Å²) in [4.78, 5) is 25.0. The minimum Gasteiger partial charge on any atom is -0.494 e. The van der Waals surface area contributed by atoms with Gasteiger partial charge >= 0.3 is 0 Å². The molecule has 0 saturated carbocycles. The number of rotatable bonds is 13. The van der Waals surface area contributed by atoms with E-state index < -0.39 is 10.5 Å². The van der Waals surface area contributed by atoms with Gasteiger partial charge in [-0.25, -0.2) is 0 Å². The highest BCUT2D eigenvalue weighted by atomic mass is 35.5. The minimum absolute atomic E-state index is 0.381. The van der Waals surface area contributed by atoms with Crippen molar-refractivity contribution < 1.29 is 19.1 Å². The maximum absolute atomic E-state index is 11.8. The summed E-state index contributed by atoms with van der Waals surface area (Å²) in [6.45, 7) is 5.38. The Kier molecular flexibility index (Phi) is 10.9. The maximum atomic E-state index is 11.8. The first-order chi connectivity index (χ1) is 14.5. The molecule has 162 valence electrons.